The number of benzene rings is 1. The molecule has 0 radical (unpaired) electrons. The number of aromatic nitrogens is 3. The third kappa shape index (κ3) is 2.27. The Morgan fingerprint density at radius 2 is 2.11 bits per heavy atom. The summed E-state index contributed by atoms with van der Waals surface area (Å²) in [6.07, 6.45) is 10.3. The smallest absolute Gasteiger partial charge is 0.332 e. The lowest BCUT2D eigenvalue weighted by Gasteiger charge is -2.38. The number of nitrogens with zero attached hydrogens (tertiary/aromatic N) is 4. The summed E-state index contributed by atoms with van der Waals surface area (Å²) in [6.45, 7) is 1.76. The fraction of sp³-hybridized carbons (Fsp3) is 0.409. The first-order valence-electron chi connectivity index (χ1n) is 10.1. The Balaban J connectivity index is 1.38. The van der Waals surface area contributed by atoms with Gasteiger partial charge in [-0.25, -0.2) is 9.48 Å². The van der Waals surface area contributed by atoms with Crippen LogP contribution in [0, 0.1) is 0 Å². The molecule has 1 aliphatic carbocycles. The molecule has 0 amide bonds. The van der Waals surface area contributed by atoms with Crippen molar-refractivity contribution in [3.63, 3.8) is 0 Å². The molecule has 3 atom stereocenters. The number of rotatable bonds is 3. The molecule has 6 heteroatoms. The number of carbonyl (C=O) groups excluding carboxylic acids is 1. The van der Waals surface area contributed by atoms with Gasteiger partial charge in [-0.2, -0.15) is 0 Å². The van der Waals surface area contributed by atoms with Gasteiger partial charge in [-0.3, -0.25) is 4.90 Å². The molecule has 2 fully saturated rings. The zero-order chi connectivity index (χ0) is 18.7. The van der Waals surface area contributed by atoms with Gasteiger partial charge in [0.2, 0.25) is 0 Å². The van der Waals surface area contributed by atoms with Crippen LogP contribution < -0.4 is 0 Å². The summed E-state index contributed by atoms with van der Waals surface area (Å²) in [6, 6.07) is 10.8. The van der Waals surface area contributed by atoms with Crippen LogP contribution in [0.1, 0.15) is 36.9 Å². The topological polar surface area (TPSA) is 60.3 Å². The van der Waals surface area contributed by atoms with Crippen LogP contribution in [0.3, 0.4) is 0 Å². The zero-order valence-electron chi connectivity index (χ0n) is 15.6. The third-order valence-electron chi connectivity index (χ3n) is 6.67. The van der Waals surface area contributed by atoms with Gasteiger partial charge < -0.3 is 4.74 Å². The SMILES string of the molecule is O=C1C=C2C(c3cn(Cc4ccccc4)nn3)=C[C@@H]3C[C@@]2(O1)[C@H]1CCCCN31. The monoisotopic (exact) mass is 374 g/mol. The lowest BCUT2D eigenvalue weighted by atomic mass is 9.76. The Morgan fingerprint density at radius 1 is 1.21 bits per heavy atom. The van der Waals surface area contributed by atoms with Gasteiger partial charge in [0.05, 0.1) is 18.8 Å². The van der Waals surface area contributed by atoms with Gasteiger partial charge in [0.1, 0.15) is 5.69 Å². The molecule has 3 aliphatic heterocycles. The normalized spacial score (nSPS) is 31.1. The van der Waals surface area contributed by atoms with E-state index in [-0.39, 0.29) is 12.0 Å². The van der Waals surface area contributed by atoms with Crippen LogP contribution in [0.15, 0.2) is 54.3 Å². The number of carbonyl (C=O) groups is 1. The minimum Gasteiger partial charge on any atom is -0.449 e. The van der Waals surface area contributed by atoms with E-state index in [0.29, 0.717) is 12.6 Å². The lowest BCUT2D eigenvalue weighted by molar-refractivity contribution is -0.148. The standard InChI is InChI=1S/C22H22N4O2/c27-21-11-18-17(19-14-25(24-23-19)13-15-6-2-1-3-7-15)10-16-12-22(18,28-21)20-8-4-5-9-26(16)20/h1-3,6-7,10-11,14,16,20H,4-5,8-9,12-13H2/t16-,20-,22+/m1/s1. The van der Waals surface area contributed by atoms with Gasteiger partial charge in [0, 0.05) is 29.7 Å². The molecule has 1 aromatic carbocycles. The maximum atomic E-state index is 12.3. The molecule has 0 N–H and O–H groups in total. The van der Waals surface area contributed by atoms with Crippen molar-refractivity contribution in [1.29, 1.82) is 0 Å². The van der Waals surface area contributed by atoms with Crippen LogP contribution in [-0.4, -0.2) is 50.1 Å². The summed E-state index contributed by atoms with van der Waals surface area (Å²) in [5.74, 6) is -0.217. The average molecular weight is 374 g/mol. The Hall–Kier alpha value is -2.73. The molecule has 2 aromatic rings. The maximum Gasteiger partial charge on any atom is 0.332 e. The van der Waals surface area contributed by atoms with Gasteiger partial charge in [-0.05, 0) is 24.9 Å². The summed E-state index contributed by atoms with van der Waals surface area (Å²) in [5, 5.41) is 8.79. The molecule has 6 nitrogen and oxygen atoms in total. The van der Waals surface area contributed by atoms with Gasteiger partial charge in [-0.15, -0.1) is 5.10 Å². The summed E-state index contributed by atoms with van der Waals surface area (Å²) in [4.78, 5) is 14.8. The minimum absolute atomic E-state index is 0.217. The molecule has 1 aromatic heterocycles. The third-order valence-corrected chi connectivity index (χ3v) is 6.67. The van der Waals surface area contributed by atoms with Crippen LogP contribution in [0.2, 0.25) is 0 Å². The van der Waals surface area contributed by atoms with Crippen LogP contribution in [0.4, 0.5) is 0 Å². The number of esters is 1. The fourth-order valence-electron chi connectivity index (χ4n) is 5.55. The zero-order valence-corrected chi connectivity index (χ0v) is 15.6. The quantitative estimate of drug-likeness (QED) is 0.773. The summed E-state index contributed by atoms with van der Waals surface area (Å²) in [5.41, 5.74) is 3.55. The first-order chi connectivity index (χ1) is 13.7. The Morgan fingerprint density at radius 3 is 3.00 bits per heavy atom. The van der Waals surface area contributed by atoms with Crippen LogP contribution in [0.25, 0.3) is 5.57 Å². The van der Waals surface area contributed by atoms with Crippen molar-refractivity contribution >= 4 is 11.5 Å². The van der Waals surface area contributed by atoms with E-state index in [4.69, 9.17) is 4.74 Å². The Kier molecular flexibility index (Phi) is 3.41. The second-order valence-electron chi connectivity index (χ2n) is 8.26. The van der Waals surface area contributed by atoms with Gasteiger partial charge in [-0.1, -0.05) is 48.0 Å². The van der Waals surface area contributed by atoms with Gasteiger partial charge in [0.15, 0.2) is 5.60 Å². The average Bonchev–Trinajstić information content (AvgIpc) is 3.38. The minimum atomic E-state index is -0.491. The van der Waals surface area contributed by atoms with Crippen molar-refractivity contribution in [3.8, 4) is 0 Å². The molecule has 0 unspecified atom stereocenters. The van der Waals surface area contributed by atoms with E-state index >= 15 is 0 Å². The molecule has 142 valence electrons. The second kappa shape index (κ2) is 5.88. The molecule has 4 aliphatic rings. The first kappa shape index (κ1) is 16.2. The van der Waals surface area contributed by atoms with E-state index in [1.807, 2.05) is 29.1 Å². The largest absolute Gasteiger partial charge is 0.449 e. The fourth-order valence-corrected chi connectivity index (χ4v) is 5.55. The van der Waals surface area contributed by atoms with Crippen molar-refractivity contribution in [2.24, 2.45) is 0 Å². The number of piperidine rings is 1. The number of ether oxygens (including phenoxy) is 1. The molecule has 6 rings (SSSR count). The summed E-state index contributed by atoms with van der Waals surface area (Å²) >= 11 is 0. The Bertz CT molecular complexity index is 1010. The highest BCUT2D eigenvalue weighted by Crippen LogP contribution is 2.55. The molecular formula is C22H22N4O2. The van der Waals surface area contributed by atoms with Crippen LogP contribution in [-0.2, 0) is 16.1 Å². The van der Waals surface area contributed by atoms with E-state index in [1.54, 1.807) is 6.08 Å². The number of hydrogen-bond acceptors (Lipinski definition) is 5. The van der Waals surface area contributed by atoms with E-state index < -0.39 is 5.60 Å². The molecule has 1 spiro atoms. The molecule has 2 saturated heterocycles. The van der Waals surface area contributed by atoms with Crippen LogP contribution in [0.5, 0.6) is 0 Å². The van der Waals surface area contributed by atoms with Crippen LogP contribution >= 0.6 is 0 Å². The lowest BCUT2D eigenvalue weighted by Crippen LogP contribution is -2.48. The predicted molar refractivity (Wildman–Crippen MR) is 103 cm³/mol. The van der Waals surface area contributed by atoms with E-state index in [0.717, 1.165) is 36.2 Å². The predicted octanol–water partition coefficient (Wildman–Crippen LogP) is 2.57. The van der Waals surface area contributed by atoms with E-state index in [2.05, 4.69) is 33.4 Å². The first-order valence-corrected chi connectivity index (χ1v) is 10.1. The van der Waals surface area contributed by atoms with Gasteiger partial charge in [0.25, 0.3) is 0 Å². The maximum absolute atomic E-state index is 12.3. The van der Waals surface area contributed by atoms with E-state index in [1.165, 1.54) is 18.4 Å². The van der Waals surface area contributed by atoms with E-state index in [9.17, 15) is 4.79 Å². The summed E-state index contributed by atoms with van der Waals surface area (Å²) < 4.78 is 7.86. The molecule has 28 heavy (non-hydrogen) atoms. The molecular weight excluding hydrogens is 352 g/mol. The van der Waals surface area contributed by atoms with Crippen molar-refractivity contribution < 1.29 is 9.53 Å². The van der Waals surface area contributed by atoms with Crippen molar-refractivity contribution in [2.45, 2.75) is 49.9 Å². The summed E-state index contributed by atoms with van der Waals surface area (Å²) in [7, 11) is 0. The highest BCUT2D eigenvalue weighted by Gasteiger charge is 2.62. The van der Waals surface area contributed by atoms with Gasteiger partial charge >= 0.3 is 5.97 Å². The van der Waals surface area contributed by atoms with Crippen molar-refractivity contribution in [1.82, 2.24) is 19.9 Å². The molecule has 4 heterocycles. The van der Waals surface area contributed by atoms with Crippen molar-refractivity contribution in [3.05, 3.63) is 65.5 Å². The second-order valence-corrected chi connectivity index (χ2v) is 8.26. The number of fused-ring (bicyclic) bond motifs is 3. The molecule has 2 bridgehead atoms. The number of hydrogen-bond donors (Lipinski definition) is 0. The highest BCUT2D eigenvalue weighted by atomic mass is 16.6. The molecule has 0 saturated carbocycles. The highest BCUT2D eigenvalue weighted by molar-refractivity contribution is 5.96. The Labute approximate surface area is 163 Å². The van der Waals surface area contributed by atoms with Crippen molar-refractivity contribution in [2.75, 3.05) is 6.54 Å².